The summed E-state index contributed by atoms with van der Waals surface area (Å²) in [6, 6.07) is 7.21. The van der Waals surface area contributed by atoms with Crippen LogP contribution in [-0.4, -0.2) is 58.0 Å². The summed E-state index contributed by atoms with van der Waals surface area (Å²) in [6.07, 6.45) is 2.66. The fourth-order valence-corrected chi connectivity index (χ4v) is 4.95. The first-order valence-electron chi connectivity index (χ1n) is 10.8. The maximum atomic E-state index is 13.0. The summed E-state index contributed by atoms with van der Waals surface area (Å²) in [5, 5.41) is 9.20. The zero-order valence-corrected chi connectivity index (χ0v) is 19.4. The molecule has 0 spiro atoms. The number of nitrogens with zero attached hydrogens (tertiary/aromatic N) is 2. The van der Waals surface area contributed by atoms with Crippen LogP contribution in [0.3, 0.4) is 0 Å². The van der Waals surface area contributed by atoms with Gasteiger partial charge in [0.15, 0.2) is 5.13 Å². The highest BCUT2D eigenvalue weighted by atomic mass is 32.1. The number of benzene rings is 1. The van der Waals surface area contributed by atoms with Crippen LogP contribution < -0.4 is 10.6 Å². The van der Waals surface area contributed by atoms with Crippen LogP contribution in [0.4, 0.5) is 5.13 Å². The van der Waals surface area contributed by atoms with Gasteiger partial charge in [0.1, 0.15) is 6.04 Å². The lowest BCUT2D eigenvalue weighted by molar-refractivity contribution is -0.125. The lowest BCUT2D eigenvalue weighted by Crippen LogP contribution is -2.45. The predicted molar refractivity (Wildman–Crippen MR) is 126 cm³/mol. The van der Waals surface area contributed by atoms with E-state index in [1.807, 2.05) is 35.8 Å². The first-order valence-corrected chi connectivity index (χ1v) is 11.7. The molecular weight excluding hydrogens is 426 g/mol. The van der Waals surface area contributed by atoms with Crippen LogP contribution in [0.5, 0.6) is 0 Å². The van der Waals surface area contributed by atoms with Crippen molar-refractivity contribution in [1.82, 2.24) is 20.2 Å². The number of anilines is 1. The first kappa shape index (κ1) is 22.4. The zero-order chi connectivity index (χ0) is 22.7. The number of morpholine rings is 1. The van der Waals surface area contributed by atoms with E-state index in [1.54, 1.807) is 0 Å². The highest BCUT2D eigenvalue weighted by Gasteiger charge is 2.24. The molecule has 4 rings (SSSR count). The molecule has 1 saturated heterocycles. The van der Waals surface area contributed by atoms with Crippen molar-refractivity contribution in [2.45, 2.75) is 52.0 Å². The second kappa shape index (κ2) is 9.81. The van der Waals surface area contributed by atoms with Gasteiger partial charge in [-0.05, 0) is 25.5 Å². The van der Waals surface area contributed by atoms with Crippen molar-refractivity contribution in [3.8, 4) is 0 Å². The van der Waals surface area contributed by atoms with Crippen molar-refractivity contribution < 1.29 is 14.3 Å². The van der Waals surface area contributed by atoms with Gasteiger partial charge in [-0.2, -0.15) is 0 Å². The van der Waals surface area contributed by atoms with Crippen LogP contribution in [0.1, 0.15) is 32.0 Å². The number of hydrogen-bond donors (Lipinski definition) is 3. The Labute approximate surface area is 191 Å². The third-order valence-electron chi connectivity index (χ3n) is 5.46. The number of aromatic amines is 1. The molecule has 1 aromatic carbocycles. The Bertz CT molecular complexity index is 1080. The molecule has 2 amide bonds. The van der Waals surface area contributed by atoms with E-state index in [0.717, 1.165) is 41.8 Å². The first-order chi connectivity index (χ1) is 15.4. The number of rotatable bonds is 7. The Hall–Kier alpha value is -2.75. The molecule has 0 saturated carbocycles. The minimum Gasteiger partial charge on any atom is -0.373 e. The van der Waals surface area contributed by atoms with Gasteiger partial charge in [-0.25, -0.2) is 4.98 Å². The van der Waals surface area contributed by atoms with Crippen LogP contribution in [0.2, 0.25) is 0 Å². The number of aromatic nitrogens is 2. The molecule has 170 valence electrons. The third kappa shape index (κ3) is 5.53. The summed E-state index contributed by atoms with van der Waals surface area (Å²) < 4.78 is 5.79. The molecular formula is C23H29N5O3S. The number of para-hydroxylation sites is 1. The second-order valence-corrected chi connectivity index (χ2v) is 9.26. The molecule has 9 heteroatoms. The van der Waals surface area contributed by atoms with E-state index < -0.39 is 6.04 Å². The number of thiazole rings is 1. The molecule has 0 radical (unpaired) electrons. The van der Waals surface area contributed by atoms with E-state index >= 15 is 0 Å². The lowest BCUT2D eigenvalue weighted by atomic mass is 10.0. The molecule has 3 heterocycles. The molecule has 3 atom stereocenters. The highest BCUT2D eigenvalue weighted by Crippen LogP contribution is 2.22. The van der Waals surface area contributed by atoms with E-state index in [0.29, 0.717) is 11.6 Å². The second-order valence-electron chi connectivity index (χ2n) is 8.40. The fraction of sp³-hybridized carbons (Fsp3) is 0.435. The average Bonchev–Trinajstić information content (AvgIpc) is 3.33. The van der Waals surface area contributed by atoms with E-state index in [4.69, 9.17) is 4.74 Å². The van der Waals surface area contributed by atoms with Gasteiger partial charge in [-0.15, -0.1) is 11.3 Å². The monoisotopic (exact) mass is 455 g/mol. The summed E-state index contributed by atoms with van der Waals surface area (Å²) in [5.74, 6) is -0.527. The Morgan fingerprint density at radius 1 is 1.28 bits per heavy atom. The standard InChI is InChI=1S/C23H29N5O3S/c1-14-10-28(11-15(2)31-14)12-18-13-32-23(26-18)27-22(30)21(25-16(3)29)8-17-9-24-20-7-5-4-6-19(17)20/h4-7,9,13-15,21,24H,8,10-12H2,1-3H3,(H,25,29)(H,26,27,30)/t14-,15+,21-/m0/s1. The van der Waals surface area contributed by atoms with Crippen molar-refractivity contribution >= 4 is 39.2 Å². The number of ether oxygens (including phenoxy) is 1. The van der Waals surface area contributed by atoms with Gasteiger partial charge in [0.2, 0.25) is 11.8 Å². The van der Waals surface area contributed by atoms with Crippen LogP contribution in [0.15, 0.2) is 35.8 Å². The Morgan fingerprint density at radius 3 is 2.78 bits per heavy atom. The van der Waals surface area contributed by atoms with Crippen molar-refractivity contribution in [3.05, 3.63) is 47.1 Å². The van der Waals surface area contributed by atoms with Crippen LogP contribution >= 0.6 is 11.3 Å². The summed E-state index contributed by atoms with van der Waals surface area (Å²) in [7, 11) is 0. The normalized spacial score (nSPS) is 20.2. The number of hydrogen-bond acceptors (Lipinski definition) is 6. The Kier molecular flexibility index (Phi) is 6.88. The highest BCUT2D eigenvalue weighted by molar-refractivity contribution is 7.13. The zero-order valence-electron chi connectivity index (χ0n) is 18.6. The maximum absolute atomic E-state index is 13.0. The number of H-pyrrole nitrogens is 1. The van der Waals surface area contributed by atoms with E-state index in [9.17, 15) is 9.59 Å². The number of carbonyl (C=O) groups excluding carboxylic acids is 2. The Morgan fingerprint density at radius 2 is 2.03 bits per heavy atom. The van der Waals surface area contributed by atoms with Gasteiger partial charge in [-0.1, -0.05) is 18.2 Å². The third-order valence-corrected chi connectivity index (χ3v) is 6.26. The van der Waals surface area contributed by atoms with Gasteiger partial charge in [-0.3, -0.25) is 14.5 Å². The van der Waals surface area contributed by atoms with Crippen molar-refractivity contribution in [2.24, 2.45) is 0 Å². The summed E-state index contributed by atoms with van der Waals surface area (Å²) in [6.45, 7) is 8.00. The van der Waals surface area contributed by atoms with Gasteiger partial charge >= 0.3 is 0 Å². The van der Waals surface area contributed by atoms with Crippen molar-refractivity contribution in [2.75, 3.05) is 18.4 Å². The lowest BCUT2D eigenvalue weighted by Gasteiger charge is -2.34. The maximum Gasteiger partial charge on any atom is 0.249 e. The van der Waals surface area contributed by atoms with Gasteiger partial charge in [0.25, 0.3) is 0 Å². The molecule has 3 aromatic rings. The Balaban J connectivity index is 1.41. The van der Waals surface area contributed by atoms with Crippen molar-refractivity contribution in [3.63, 3.8) is 0 Å². The van der Waals surface area contributed by atoms with E-state index in [2.05, 4.69) is 39.3 Å². The van der Waals surface area contributed by atoms with Gasteiger partial charge in [0, 0.05) is 55.5 Å². The largest absolute Gasteiger partial charge is 0.373 e. The molecule has 2 aromatic heterocycles. The van der Waals surface area contributed by atoms with Gasteiger partial charge in [0.05, 0.1) is 17.9 Å². The van der Waals surface area contributed by atoms with Crippen molar-refractivity contribution in [1.29, 1.82) is 0 Å². The topological polar surface area (TPSA) is 99.3 Å². The number of fused-ring (bicyclic) bond motifs is 1. The van der Waals surface area contributed by atoms with Crippen LogP contribution in [0.25, 0.3) is 10.9 Å². The molecule has 0 unspecified atom stereocenters. The molecule has 0 aliphatic carbocycles. The molecule has 32 heavy (non-hydrogen) atoms. The molecule has 3 N–H and O–H groups in total. The SMILES string of the molecule is CC(=O)N[C@@H](Cc1c[nH]c2ccccc12)C(=O)Nc1nc(CN2C[C@@H](C)O[C@@H](C)C2)cs1. The summed E-state index contributed by atoms with van der Waals surface area (Å²) in [4.78, 5) is 34.9. The van der Waals surface area contributed by atoms with Crippen LogP contribution in [0, 0.1) is 0 Å². The van der Waals surface area contributed by atoms with E-state index in [-0.39, 0.29) is 24.0 Å². The average molecular weight is 456 g/mol. The predicted octanol–water partition coefficient (Wildman–Crippen LogP) is 2.92. The fourth-order valence-electron chi connectivity index (χ4n) is 4.25. The number of amides is 2. The molecule has 1 aliphatic rings. The van der Waals surface area contributed by atoms with E-state index in [1.165, 1.54) is 18.3 Å². The molecule has 0 bridgehead atoms. The smallest absolute Gasteiger partial charge is 0.249 e. The minimum atomic E-state index is -0.694. The summed E-state index contributed by atoms with van der Waals surface area (Å²) >= 11 is 1.40. The minimum absolute atomic E-state index is 0.194. The number of nitrogens with one attached hydrogen (secondary N) is 3. The summed E-state index contributed by atoms with van der Waals surface area (Å²) in [5.41, 5.74) is 2.89. The van der Waals surface area contributed by atoms with Gasteiger partial charge < -0.3 is 20.4 Å². The molecule has 8 nitrogen and oxygen atoms in total. The molecule has 1 fully saturated rings. The molecule has 1 aliphatic heterocycles. The number of carbonyl (C=O) groups is 2. The quantitative estimate of drug-likeness (QED) is 0.509. The van der Waals surface area contributed by atoms with Crippen LogP contribution in [-0.2, 0) is 27.3 Å².